The third-order valence-corrected chi connectivity index (χ3v) is 6.47. The van der Waals surface area contributed by atoms with Crippen molar-refractivity contribution in [2.45, 2.75) is 70.5 Å². The number of likely N-dealkylation sites (tertiary alicyclic amines) is 1. The van der Waals surface area contributed by atoms with Gasteiger partial charge < -0.3 is 28.4 Å². The van der Waals surface area contributed by atoms with Crippen molar-refractivity contribution >= 4 is 29.8 Å². The average Bonchev–Trinajstić information content (AvgIpc) is 2.92. The van der Waals surface area contributed by atoms with Gasteiger partial charge in [0.05, 0.1) is 0 Å². The van der Waals surface area contributed by atoms with Crippen LogP contribution < -0.4 is 4.74 Å². The number of hydrogen-bond donors (Lipinski definition) is 0. The minimum Gasteiger partial charge on any atom is -0.478 e. The molecule has 0 saturated carbocycles. The summed E-state index contributed by atoms with van der Waals surface area (Å²) in [7, 11) is 0. The van der Waals surface area contributed by atoms with E-state index in [4.69, 9.17) is 28.4 Å². The zero-order chi connectivity index (χ0) is 29.7. The Hall–Kier alpha value is -4.45. The number of hydrogen-bond acceptors (Lipinski definition) is 11. The zero-order valence-electron chi connectivity index (χ0n) is 23.0. The van der Waals surface area contributed by atoms with Gasteiger partial charge in [0.2, 0.25) is 6.10 Å². The van der Waals surface area contributed by atoms with E-state index in [2.05, 4.69) is 0 Å². The Morgan fingerprint density at radius 2 is 1.27 bits per heavy atom. The lowest BCUT2D eigenvalue weighted by atomic mass is 9.87. The van der Waals surface area contributed by atoms with Crippen molar-refractivity contribution in [2.24, 2.45) is 0 Å². The van der Waals surface area contributed by atoms with Crippen LogP contribution in [0.1, 0.15) is 39.3 Å². The van der Waals surface area contributed by atoms with Crippen molar-refractivity contribution in [1.82, 2.24) is 4.90 Å². The fourth-order valence-corrected chi connectivity index (χ4v) is 4.94. The Balaban J connectivity index is 1.77. The number of benzene rings is 2. The lowest BCUT2D eigenvalue weighted by Crippen LogP contribution is -2.73. The number of esters is 4. The highest BCUT2D eigenvalue weighted by molar-refractivity contribution is 5.89. The van der Waals surface area contributed by atoms with E-state index in [1.54, 1.807) is 48.5 Å². The van der Waals surface area contributed by atoms with Crippen molar-refractivity contribution in [1.29, 1.82) is 0 Å². The topological polar surface area (TPSA) is 144 Å². The van der Waals surface area contributed by atoms with E-state index in [-0.39, 0.29) is 0 Å². The maximum Gasteiger partial charge on any atom is 0.303 e. The number of nitrogens with zero attached hydrogens (tertiary/aromatic N) is 1. The Kier molecular flexibility index (Phi) is 9.23. The van der Waals surface area contributed by atoms with Gasteiger partial charge in [-0.15, -0.1) is 0 Å². The van der Waals surface area contributed by atoms with Crippen LogP contribution in [0.2, 0.25) is 0 Å². The van der Waals surface area contributed by atoms with Gasteiger partial charge in [0.1, 0.15) is 24.5 Å². The normalized spacial score (nSPS) is 27.2. The minimum absolute atomic E-state index is 0.406. The van der Waals surface area contributed by atoms with E-state index in [1.165, 1.54) is 11.8 Å². The molecule has 4 rings (SSSR count). The number of para-hydroxylation sites is 1. The molecule has 2 aromatic rings. The predicted molar refractivity (Wildman–Crippen MR) is 139 cm³/mol. The van der Waals surface area contributed by atoms with Gasteiger partial charge in [0.25, 0.3) is 5.91 Å². The van der Waals surface area contributed by atoms with Crippen LogP contribution in [0.5, 0.6) is 5.75 Å². The van der Waals surface area contributed by atoms with E-state index < -0.39 is 79.2 Å². The molecule has 2 aliphatic rings. The quantitative estimate of drug-likeness (QED) is 0.249. The molecule has 2 aliphatic heterocycles. The van der Waals surface area contributed by atoms with Gasteiger partial charge in [0.15, 0.2) is 24.5 Å². The van der Waals surface area contributed by atoms with Crippen molar-refractivity contribution in [2.75, 3.05) is 6.61 Å². The first kappa shape index (κ1) is 29.5. The van der Waals surface area contributed by atoms with Gasteiger partial charge in [-0.05, 0) is 17.7 Å². The van der Waals surface area contributed by atoms with Crippen LogP contribution >= 0.6 is 0 Å². The summed E-state index contributed by atoms with van der Waals surface area (Å²) in [4.78, 5) is 63.2. The number of ether oxygens (including phenoxy) is 6. The maximum atomic E-state index is 13.7. The van der Waals surface area contributed by atoms with E-state index >= 15 is 0 Å². The summed E-state index contributed by atoms with van der Waals surface area (Å²) >= 11 is 0. The highest BCUT2D eigenvalue weighted by Crippen LogP contribution is 2.43. The molecule has 2 aromatic carbocycles. The van der Waals surface area contributed by atoms with Crippen LogP contribution in [0.3, 0.4) is 0 Å². The van der Waals surface area contributed by atoms with Gasteiger partial charge in [-0.2, -0.15) is 0 Å². The molecule has 5 unspecified atom stereocenters. The molecule has 12 heteroatoms. The van der Waals surface area contributed by atoms with Crippen LogP contribution in [0.4, 0.5) is 0 Å². The molecular formula is C29H31NO11. The third kappa shape index (κ3) is 6.83. The third-order valence-electron chi connectivity index (χ3n) is 6.47. The summed E-state index contributed by atoms with van der Waals surface area (Å²) < 4.78 is 34.0. The molecule has 0 aromatic heterocycles. The number of β-lactam (4-membered cyclic amide) rings is 1. The number of amides is 1. The van der Waals surface area contributed by atoms with Crippen molar-refractivity contribution in [3.8, 4) is 5.75 Å². The average molecular weight is 570 g/mol. The Bertz CT molecular complexity index is 1270. The number of carbonyl (C=O) groups is 5. The SMILES string of the molecule is CC(=O)OCC1OC(N2C(=O)[C@H](Oc3ccccc3)[C@@H]2c2ccccc2)C(OC(C)=O)C(OC(C)=O)C1OC(C)=O. The summed E-state index contributed by atoms with van der Waals surface area (Å²) in [5.74, 6) is -2.95. The molecule has 41 heavy (non-hydrogen) atoms. The van der Waals surface area contributed by atoms with Gasteiger partial charge >= 0.3 is 23.9 Å². The molecule has 2 heterocycles. The van der Waals surface area contributed by atoms with Crippen LogP contribution in [0.25, 0.3) is 0 Å². The van der Waals surface area contributed by atoms with E-state index in [1.807, 2.05) is 12.1 Å². The molecule has 7 atom stereocenters. The summed E-state index contributed by atoms with van der Waals surface area (Å²) in [5.41, 5.74) is 0.695. The summed E-state index contributed by atoms with van der Waals surface area (Å²) in [5, 5.41) is 0. The molecule has 0 spiro atoms. The van der Waals surface area contributed by atoms with Gasteiger partial charge in [-0.3, -0.25) is 28.9 Å². The van der Waals surface area contributed by atoms with Crippen molar-refractivity contribution in [3.63, 3.8) is 0 Å². The second-order valence-electron chi connectivity index (χ2n) is 9.54. The molecule has 12 nitrogen and oxygen atoms in total. The van der Waals surface area contributed by atoms with Crippen molar-refractivity contribution < 1.29 is 52.4 Å². The lowest BCUT2D eigenvalue weighted by Gasteiger charge is -2.55. The molecule has 0 bridgehead atoms. The number of carbonyl (C=O) groups excluding carboxylic acids is 5. The Morgan fingerprint density at radius 3 is 1.83 bits per heavy atom. The highest BCUT2D eigenvalue weighted by Gasteiger charge is 2.61. The van der Waals surface area contributed by atoms with Crippen LogP contribution in [-0.2, 0) is 47.7 Å². The standard InChI is InChI=1S/C29H31NO11/c1-16(31)36-15-22-24(37-17(2)32)26(38-18(3)33)27(39-19(4)34)29(41-22)30-23(20-11-7-5-8-12-20)25(28(30)35)40-21-13-9-6-10-14-21/h5-14,22-27,29H,15H2,1-4H3/t22?,23-,24?,25+,26?,27?,29?/m0/s1. The van der Waals surface area contributed by atoms with Gasteiger partial charge in [-0.25, -0.2) is 0 Å². The van der Waals surface area contributed by atoms with E-state index in [0.29, 0.717) is 11.3 Å². The molecule has 218 valence electrons. The van der Waals surface area contributed by atoms with E-state index in [0.717, 1.165) is 20.8 Å². The molecule has 2 fully saturated rings. The maximum absolute atomic E-state index is 13.7. The lowest BCUT2D eigenvalue weighted by molar-refractivity contribution is -0.291. The second kappa shape index (κ2) is 12.8. The smallest absolute Gasteiger partial charge is 0.303 e. The predicted octanol–water partition coefficient (Wildman–Crippen LogP) is 2.10. The first-order valence-corrected chi connectivity index (χ1v) is 13.0. The molecule has 0 aliphatic carbocycles. The zero-order valence-corrected chi connectivity index (χ0v) is 23.0. The highest BCUT2D eigenvalue weighted by atomic mass is 16.7. The Morgan fingerprint density at radius 1 is 0.732 bits per heavy atom. The first-order chi connectivity index (χ1) is 19.6. The van der Waals surface area contributed by atoms with Crippen molar-refractivity contribution in [3.05, 3.63) is 66.2 Å². The largest absolute Gasteiger partial charge is 0.478 e. The van der Waals surface area contributed by atoms with E-state index in [9.17, 15) is 24.0 Å². The fraction of sp³-hybridized carbons (Fsp3) is 0.414. The minimum atomic E-state index is -1.41. The van der Waals surface area contributed by atoms with Crippen LogP contribution in [-0.4, -0.2) is 78.0 Å². The number of rotatable bonds is 9. The first-order valence-electron chi connectivity index (χ1n) is 13.0. The molecular weight excluding hydrogens is 538 g/mol. The Labute approximate surface area is 236 Å². The molecule has 1 amide bonds. The van der Waals surface area contributed by atoms with Crippen LogP contribution in [0, 0.1) is 0 Å². The fourth-order valence-electron chi connectivity index (χ4n) is 4.94. The van der Waals surface area contributed by atoms with Gasteiger partial charge in [-0.1, -0.05) is 48.5 Å². The molecule has 0 N–H and O–H groups in total. The summed E-state index contributed by atoms with van der Waals surface area (Å²) in [6.07, 6.45) is -7.66. The molecule has 0 radical (unpaired) electrons. The van der Waals surface area contributed by atoms with Crippen LogP contribution in [0.15, 0.2) is 60.7 Å². The molecule has 2 saturated heterocycles. The summed E-state index contributed by atoms with van der Waals surface area (Å²) in [6.45, 7) is 4.18. The second-order valence-corrected chi connectivity index (χ2v) is 9.54. The summed E-state index contributed by atoms with van der Waals surface area (Å²) in [6, 6.07) is 17.1. The van der Waals surface area contributed by atoms with Gasteiger partial charge in [0, 0.05) is 27.7 Å². The monoisotopic (exact) mass is 569 g/mol.